The van der Waals surface area contributed by atoms with E-state index in [4.69, 9.17) is 4.74 Å². The number of carbonyl (C=O) groups is 4. The highest BCUT2D eigenvalue weighted by atomic mass is 32.2. The highest BCUT2D eigenvalue weighted by Crippen LogP contribution is 2.52. The first-order valence-corrected chi connectivity index (χ1v) is 31.5. The van der Waals surface area contributed by atoms with Crippen LogP contribution >= 0.6 is 35.3 Å². The summed E-state index contributed by atoms with van der Waals surface area (Å²) in [6.07, 6.45) is -0.708. The molecule has 3 N–H and O–H groups in total. The van der Waals surface area contributed by atoms with E-state index in [9.17, 15) is 9.59 Å². The largest absolute Gasteiger partial charge is 0.444 e. The Hall–Kier alpha value is -8.29. The van der Waals surface area contributed by atoms with Gasteiger partial charge in [0, 0.05) is 31.4 Å². The van der Waals surface area contributed by atoms with Gasteiger partial charge in [0.05, 0.1) is 14.2 Å². The first-order chi connectivity index (χ1) is 41.3. The maximum Gasteiger partial charge on any atom is 0.410 e. The van der Waals surface area contributed by atoms with Crippen molar-refractivity contribution in [3.05, 3.63) is 323 Å². The summed E-state index contributed by atoms with van der Waals surface area (Å²) in [5.74, 6) is -1.38. The van der Waals surface area contributed by atoms with Crippen LogP contribution < -0.4 is 16.0 Å². The highest BCUT2D eigenvalue weighted by Gasteiger charge is 2.44. The van der Waals surface area contributed by atoms with Crippen molar-refractivity contribution < 1.29 is 23.9 Å². The Bertz CT molecular complexity index is 3260. The molecule has 0 fully saturated rings. The van der Waals surface area contributed by atoms with Gasteiger partial charge in [-0.3, -0.25) is 19.3 Å². The smallest absolute Gasteiger partial charge is 0.410 e. The molecule has 0 saturated carbocycles. The van der Waals surface area contributed by atoms with E-state index in [0.717, 1.165) is 50.1 Å². The van der Waals surface area contributed by atoms with E-state index >= 15 is 9.59 Å². The van der Waals surface area contributed by atoms with Crippen molar-refractivity contribution in [2.24, 2.45) is 0 Å². The molecule has 9 rings (SSSR count). The van der Waals surface area contributed by atoms with Crippen molar-refractivity contribution in [3.63, 3.8) is 0 Å². The fourth-order valence-electron chi connectivity index (χ4n) is 10.8. The topological polar surface area (TPSA) is 117 Å². The van der Waals surface area contributed by atoms with E-state index in [1.807, 2.05) is 164 Å². The van der Waals surface area contributed by atoms with Crippen LogP contribution in [0.25, 0.3) is 0 Å². The number of hydrogen-bond acceptors (Lipinski definition) is 8. The number of nitrogens with zero attached hydrogens (tertiary/aromatic N) is 1. The minimum absolute atomic E-state index is 0.0177. The molecule has 432 valence electrons. The third-order valence-electron chi connectivity index (χ3n) is 15.0. The third kappa shape index (κ3) is 14.1. The van der Waals surface area contributed by atoms with Crippen molar-refractivity contribution in [1.82, 2.24) is 20.9 Å². The number of thioether (sulfide) groups is 3. The van der Waals surface area contributed by atoms with Crippen LogP contribution in [0, 0.1) is 0 Å². The normalized spacial score (nSPS) is 12.9. The number of carbonyl (C=O) groups excluding carboxylic acids is 4. The van der Waals surface area contributed by atoms with Crippen molar-refractivity contribution in [3.8, 4) is 0 Å². The average Bonchev–Trinajstić information content (AvgIpc) is 1.80. The van der Waals surface area contributed by atoms with Gasteiger partial charge >= 0.3 is 6.09 Å². The summed E-state index contributed by atoms with van der Waals surface area (Å²) in [6, 6.07) is 87.9. The quantitative estimate of drug-likeness (QED) is 0.0512. The number of ether oxygens (including phenoxy) is 1. The molecule has 9 nitrogen and oxygen atoms in total. The second kappa shape index (κ2) is 28.5. The van der Waals surface area contributed by atoms with Crippen LogP contribution in [0.2, 0.25) is 0 Å². The lowest BCUT2D eigenvalue weighted by molar-refractivity contribution is -0.132. The maximum absolute atomic E-state index is 16.0. The van der Waals surface area contributed by atoms with Crippen molar-refractivity contribution >= 4 is 59.1 Å². The monoisotopic (exact) mass is 1180 g/mol. The summed E-state index contributed by atoms with van der Waals surface area (Å²) in [4.78, 5) is 62.2. The fourth-order valence-corrected chi connectivity index (χ4v) is 15.6. The second-order valence-electron chi connectivity index (χ2n) is 21.6. The van der Waals surface area contributed by atoms with Gasteiger partial charge in [0.1, 0.15) is 23.7 Å². The Morgan fingerprint density at radius 1 is 0.365 bits per heavy atom. The first kappa shape index (κ1) is 61.3. The molecule has 0 spiro atoms. The molecular formula is C73H72N4O5S3. The molecule has 12 heteroatoms. The Kier molecular flexibility index (Phi) is 20.6. The lowest BCUT2D eigenvalue weighted by Crippen LogP contribution is -2.59. The van der Waals surface area contributed by atoms with Gasteiger partial charge in [-0.2, -0.15) is 0 Å². The third-order valence-corrected chi connectivity index (χ3v) is 19.9. The predicted molar refractivity (Wildman–Crippen MR) is 351 cm³/mol. The minimum Gasteiger partial charge on any atom is -0.444 e. The SMILES string of the molecule is CNC(=O)C(CSC(c1ccccc1)(c1ccccc1)c1ccccc1)NC(=O)C(CSC(c1ccccc1)(c1ccccc1)c1ccccc1)NC(=O)C(CSC(c1ccccc1)(c1ccccc1)c1ccccc1)N(C)C(=O)OC(C)(C)C. The number of hydrogen-bond donors (Lipinski definition) is 3. The zero-order valence-corrected chi connectivity index (χ0v) is 51.0. The van der Waals surface area contributed by atoms with E-state index in [1.165, 1.54) is 28.4 Å². The molecule has 9 aromatic rings. The maximum atomic E-state index is 16.0. The van der Waals surface area contributed by atoms with Gasteiger partial charge in [0.15, 0.2) is 0 Å². The van der Waals surface area contributed by atoms with Gasteiger partial charge in [-0.15, -0.1) is 35.3 Å². The molecule has 4 amide bonds. The highest BCUT2D eigenvalue weighted by molar-refractivity contribution is 8.01. The van der Waals surface area contributed by atoms with Gasteiger partial charge in [-0.25, -0.2) is 4.79 Å². The fraction of sp³-hybridized carbons (Fsp3) is 0.205. The van der Waals surface area contributed by atoms with Crippen LogP contribution in [-0.2, 0) is 33.4 Å². The lowest BCUT2D eigenvalue weighted by atomic mass is 9.84. The average molecular weight is 1180 g/mol. The van der Waals surface area contributed by atoms with Gasteiger partial charge in [-0.05, 0) is 70.8 Å². The lowest BCUT2D eigenvalue weighted by Gasteiger charge is -2.38. The molecule has 0 saturated heterocycles. The number of nitrogens with one attached hydrogen (secondary N) is 3. The molecule has 0 aliphatic rings. The van der Waals surface area contributed by atoms with Crippen molar-refractivity contribution in [1.29, 1.82) is 0 Å². The molecule has 0 aliphatic carbocycles. The Morgan fingerprint density at radius 3 is 0.824 bits per heavy atom. The van der Waals surface area contributed by atoms with Crippen LogP contribution in [-0.4, -0.2) is 83.8 Å². The number of benzene rings is 9. The molecule has 85 heavy (non-hydrogen) atoms. The van der Waals surface area contributed by atoms with Gasteiger partial charge < -0.3 is 20.7 Å². The predicted octanol–water partition coefficient (Wildman–Crippen LogP) is 14.1. The molecular weight excluding hydrogens is 1110 g/mol. The molecule has 0 aliphatic heterocycles. The van der Waals surface area contributed by atoms with Gasteiger partial charge in [0.2, 0.25) is 17.7 Å². The van der Waals surface area contributed by atoms with Crippen LogP contribution in [0.3, 0.4) is 0 Å². The standard InChI is InChI=1S/C73H72N4O5S3/c1-70(2,3)82-69(81)77(5)65(53-85-73(60-45-27-12-28-46-60,61-47-29-13-30-48-61)62-49-31-14-32-50-62)68(80)76-64(52-84-72(57-39-21-9-22-40-57,58-41-23-10-24-42-58)59-43-25-11-26-44-59)67(79)75-63(66(78)74-4)51-83-71(54-33-15-6-16-34-54,55-35-17-7-18-36-55)56-37-19-8-20-38-56/h6-50,63-65H,51-53H2,1-5H3,(H,74,78)(H,75,79)(H,76,80). The Morgan fingerprint density at radius 2 is 0.588 bits per heavy atom. The Labute approximate surface area is 513 Å². The first-order valence-electron chi connectivity index (χ1n) is 28.5. The molecule has 0 heterocycles. The summed E-state index contributed by atoms with van der Waals surface area (Å²) < 4.78 is 3.41. The van der Waals surface area contributed by atoms with Crippen LogP contribution in [0.1, 0.15) is 70.8 Å². The number of amides is 4. The summed E-state index contributed by atoms with van der Waals surface area (Å²) in [5, 5.41) is 9.27. The van der Waals surface area contributed by atoms with Crippen LogP contribution in [0.5, 0.6) is 0 Å². The zero-order valence-electron chi connectivity index (χ0n) is 48.5. The Balaban J connectivity index is 1.15. The summed E-state index contributed by atoms with van der Waals surface area (Å²) in [7, 11) is 3.13. The van der Waals surface area contributed by atoms with Crippen LogP contribution in [0.15, 0.2) is 273 Å². The van der Waals surface area contributed by atoms with E-state index in [0.29, 0.717) is 0 Å². The van der Waals surface area contributed by atoms with E-state index in [-0.39, 0.29) is 17.3 Å². The van der Waals surface area contributed by atoms with Crippen molar-refractivity contribution in [2.75, 3.05) is 31.4 Å². The molecule has 9 aromatic carbocycles. The molecule has 3 atom stereocenters. The second-order valence-corrected chi connectivity index (χ2v) is 25.3. The summed E-state index contributed by atoms with van der Waals surface area (Å²) in [6.45, 7) is 5.36. The number of rotatable bonds is 24. The molecule has 0 bridgehead atoms. The molecule has 0 aromatic heterocycles. The number of likely N-dealkylation sites (N-methyl/N-ethyl adjacent to an activating group) is 2. The van der Waals surface area contributed by atoms with E-state index < -0.39 is 61.8 Å². The summed E-state index contributed by atoms with van der Waals surface area (Å²) >= 11 is 4.58. The summed E-state index contributed by atoms with van der Waals surface area (Å²) in [5.41, 5.74) is 7.87. The molecule has 0 radical (unpaired) electrons. The van der Waals surface area contributed by atoms with E-state index in [1.54, 1.807) is 46.6 Å². The van der Waals surface area contributed by atoms with Crippen molar-refractivity contribution in [2.45, 2.75) is 58.7 Å². The zero-order chi connectivity index (χ0) is 59.7. The molecule has 3 unspecified atom stereocenters. The van der Waals surface area contributed by atoms with E-state index in [2.05, 4.69) is 125 Å². The van der Waals surface area contributed by atoms with Crippen LogP contribution in [0.4, 0.5) is 4.79 Å². The van der Waals surface area contributed by atoms with Gasteiger partial charge in [0.25, 0.3) is 0 Å². The van der Waals surface area contributed by atoms with Gasteiger partial charge in [-0.1, -0.05) is 273 Å². The minimum atomic E-state index is -1.28.